The van der Waals surface area contributed by atoms with E-state index in [-0.39, 0.29) is 17.4 Å². The third-order valence-corrected chi connectivity index (χ3v) is 4.08. The molecule has 0 fully saturated rings. The Bertz CT molecular complexity index is 958. The van der Waals surface area contributed by atoms with Crippen molar-refractivity contribution in [2.75, 3.05) is 6.61 Å². The van der Waals surface area contributed by atoms with Gasteiger partial charge < -0.3 is 9.26 Å². The van der Waals surface area contributed by atoms with Crippen molar-refractivity contribution in [3.63, 3.8) is 0 Å². The number of hydrazone groups is 1. The van der Waals surface area contributed by atoms with Crippen LogP contribution in [0, 0.1) is 0 Å². The van der Waals surface area contributed by atoms with Crippen molar-refractivity contribution in [3.05, 3.63) is 69.3 Å². The Labute approximate surface area is 169 Å². The highest BCUT2D eigenvalue weighted by Gasteiger charge is 2.16. The number of carbonyl (C=O) groups is 1. The van der Waals surface area contributed by atoms with E-state index in [0.29, 0.717) is 21.4 Å². The van der Waals surface area contributed by atoms with E-state index in [1.807, 2.05) is 0 Å². The van der Waals surface area contributed by atoms with Gasteiger partial charge in [-0.15, -0.1) is 0 Å². The number of benzene rings is 2. The Morgan fingerprint density at radius 2 is 1.93 bits per heavy atom. The van der Waals surface area contributed by atoms with Crippen molar-refractivity contribution in [1.82, 2.24) is 10.6 Å². The van der Waals surface area contributed by atoms with Gasteiger partial charge in [0.15, 0.2) is 12.4 Å². The first-order valence-corrected chi connectivity index (χ1v) is 8.76. The maximum absolute atomic E-state index is 12.0. The van der Waals surface area contributed by atoms with Crippen molar-refractivity contribution >= 4 is 46.9 Å². The third kappa shape index (κ3) is 5.23. The number of halogens is 3. The number of ether oxygens (including phenoxy) is 1. The third-order valence-electron chi connectivity index (χ3n) is 3.33. The Morgan fingerprint density at radius 1 is 1.15 bits per heavy atom. The first-order chi connectivity index (χ1) is 13.0. The maximum atomic E-state index is 12.0. The van der Waals surface area contributed by atoms with Crippen LogP contribution in [0.3, 0.4) is 0 Å². The molecule has 0 atom stereocenters. The van der Waals surface area contributed by atoms with Gasteiger partial charge in [0.1, 0.15) is 5.75 Å². The van der Waals surface area contributed by atoms with Gasteiger partial charge in [0.05, 0.1) is 23.0 Å². The lowest BCUT2D eigenvalue weighted by molar-refractivity contribution is -0.123. The molecule has 0 aliphatic carbocycles. The Kier molecular flexibility index (Phi) is 6.34. The molecular formula is C18H12Cl3N3O3. The number of hydrogen-bond donors (Lipinski definition) is 1. The highest BCUT2D eigenvalue weighted by molar-refractivity contribution is 6.36. The van der Waals surface area contributed by atoms with E-state index in [1.165, 1.54) is 18.5 Å². The molecule has 0 spiro atoms. The summed E-state index contributed by atoms with van der Waals surface area (Å²) in [6.45, 7) is -0.305. The quantitative estimate of drug-likeness (QED) is 0.454. The minimum atomic E-state index is -0.463. The normalized spacial score (nSPS) is 10.9. The minimum Gasteiger partial charge on any atom is -0.481 e. The summed E-state index contributed by atoms with van der Waals surface area (Å²) in [5, 5.41) is 8.77. The molecule has 1 aromatic heterocycles. The van der Waals surface area contributed by atoms with Gasteiger partial charge in [0, 0.05) is 16.1 Å². The SMILES string of the molecule is O=C(COc1c(Cl)cc(Cl)cc1-c1ccno1)N/N=C\c1ccc(Cl)cc1. The molecule has 138 valence electrons. The number of nitrogens with zero attached hydrogens (tertiary/aromatic N) is 2. The summed E-state index contributed by atoms with van der Waals surface area (Å²) < 4.78 is 10.7. The highest BCUT2D eigenvalue weighted by atomic mass is 35.5. The minimum absolute atomic E-state index is 0.242. The summed E-state index contributed by atoms with van der Waals surface area (Å²) >= 11 is 18.0. The molecule has 27 heavy (non-hydrogen) atoms. The van der Waals surface area contributed by atoms with Gasteiger partial charge >= 0.3 is 0 Å². The van der Waals surface area contributed by atoms with Crippen molar-refractivity contribution in [2.24, 2.45) is 5.10 Å². The molecule has 0 radical (unpaired) electrons. The smallest absolute Gasteiger partial charge is 0.277 e. The first kappa shape index (κ1) is 19.2. The number of rotatable bonds is 6. The van der Waals surface area contributed by atoms with E-state index in [9.17, 15) is 4.79 Å². The monoisotopic (exact) mass is 423 g/mol. The van der Waals surface area contributed by atoms with Gasteiger partial charge in [-0.05, 0) is 29.8 Å². The largest absolute Gasteiger partial charge is 0.481 e. The van der Waals surface area contributed by atoms with E-state index >= 15 is 0 Å². The lowest BCUT2D eigenvalue weighted by Crippen LogP contribution is -2.24. The van der Waals surface area contributed by atoms with Crippen molar-refractivity contribution < 1.29 is 14.1 Å². The summed E-state index contributed by atoms with van der Waals surface area (Å²) in [4.78, 5) is 12.0. The molecule has 1 N–H and O–H groups in total. The molecular weight excluding hydrogens is 413 g/mol. The number of aromatic nitrogens is 1. The van der Waals surface area contributed by atoms with Gasteiger partial charge in [0.25, 0.3) is 5.91 Å². The fourth-order valence-corrected chi connectivity index (χ4v) is 2.82. The second-order valence-electron chi connectivity index (χ2n) is 5.27. The zero-order chi connectivity index (χ0) is 19.2. The predicted octanol–water partition coefficient (Wildman–Crippen LogP) is 4.83. The van der Waals surface area contributed by atoms with E-state index < -0.39 is 5.91 Å². The molecule has 0 aliphatic rings. The van der Waals surface area contributed by atoms with E-state index in [0.717, 1.165) is 5.56 Å². The van der Waals surface area contributed by atoms with E-state index in [2.05, 4.69) is 15.7 Å². The van der Waals surface area contributed by atoms with Gasteiger partial charge in [-0.1, -0.05) is 52.1 Å². The van der Waals surface area contributed by atoms with Crippen LogP contribution in [-0.4, -0.2) is 23.9 Å². The summed E-state index contributed by atoms with van der Waals surface area (Å²) in [5.74, 6) is 0.208. The van der Waals surface area contributed by atoms with Crippen LogP contribution in [0.2, 0.25) is 15.1 Å². The molecule has 0 saturated carbocycles. The van der Waals surface area contributed by atoms with Crippen LogP contribution in [-0.2, 0) is 4.79 Å². The average Bonchev–Trinajstić information content (AvgIpc) is 3.16. The van der Waals surface area contributed by atoms with Crippen molar-refractivity contribution in [1.29, 1.82) is 0 Å². The Morgan fingerprint density at radius 3 is 2.63 bits per heavy atom. The lowest BCUT2D eigenvalue weighted by Gasteiger charge is -2.11. The zero-order valence-corrected chi connectivity index (χ0v) is 15.9. The number of nitrogens with one attached hydrogen (secondary N) is 1. The fraction of sp³-hybridized carbons (Fsp3) is 0.0556. The van der Waals surface area contributed by atoms with Crippen LogP contribution in [0.4, 0.5) is 0 Å². The summed E-state index contributed by atoms with van der Waals surface area (Å²) in [6, 6.07) is 11.7. The number of amides is 1. The molecule has 6 nitrogen and oxygen atoms in total. The topological polar surface area (TPSA) is 76.7 Å². The second-order valence-corrected chi connectivity index (χ2v) is 6.55. The summed E-state index contributed by atoms with van der Waals surface area (Å²) in [5.41, 5.74) is 3.64. The molecule has 9 heteroatoms. The molecule has 0 bridgehead atoms. The average molecular weight is 425 g/mol. The molecule has 3 rings (SSSR count). The Hall–Kier alpha value is -2.54. The summed E-state index contributed by atoms with van der Waals surface area (Å²) in [7, 11) is 0. The molecule has 2 aromatic carbocycles. The number of hydrogen-bond acceptors (Lipinski definition) is 5. The highest BCUT2D eigenvalue weighted by Crippen LogP contribution is 2.38. The van der Waals surface area contributed by atoms with Crippen molar-refractivity contribution in [3.8, 4) is 17.1 Å². The van der Waals surface area contributed by atoms with Crippen LogP contribution in [0.25, 0.3) is 11.3 Å². The van der Waals surface area contributed by atoms with Crippen LogP contribution in [0.5, 0.6) is 5.75 Å². The van der Waals surface area contributed by atoms with Gasteiger partial charge in [-0.2, -0.15) is 5.10 Å². The van der Waals surface area contributed by atoms with Crippen molar-refractivity contribution in [2.45, 2.75) is 0 Å². The predicted molar refractivity (Wildman–Crippen MR) is 105 cm³/mol. The van der Waals surface area contributed by atoms with Crippen LogP contribution in [0.15, 0.2) is 58.3 Å². The van der Waals surface area contributed by atoms with Crippen LogP contribution in [0.1, 0.15) is 5.56 Å². The standard InChI is InChI=1S/C18H12Cl3N3O3/c19-12-3-1-11(2-4-12)9-22-24-17(25)10-26-18-14(16-5-6-23-27-16)7-13(20)8-15(18)21/h1-9H,10H2,(H,24,25)/b22-9-. The van der Waals surface area contributed by atoms with Gasteiger partial charge in [-0.3, -0.25) is 4.79 Å². The zero-order valence-electron chi connectivity index (χ0n) is 13.7. The molecule has 3 aromatic rings. The van der Waals surface area contributed by atoms with Gasteiger partial charge in [0.2, 0.25) is 0 Å². The molecule has 1 heterocycles. The molecule has 0 aliphatic heterocycles. The molecule has 0 saturated heterocycles. The number of carbonyl (C=O) groups excluding carboxylic acids is 1. The summed E-state index contributed by atoms with van der Waals surface area (Å²) in [6.07, 6.45) is 2.97. The molecule has 1 amide bonds. The fourth-order valence-electron chi connectivity index (χ4n) is 2.14. The van der Waals surface area contributed by atoms with Crippen LogP contribution >= 0.6 is 34.8 Å². The van der Waals surface area contributed by atoms with Crippen LogP contribution < -0.4 is 10.2 Å². The van der Waals surface area contributed by atoms with Gasteiger partial charge in [-0.25, -0.2) is 5.43 Å². The second kappa shape index (κ2) is 8.90. The maximum Gasteiger partial charge on any atom is 0.277 e. The molecule has 0 unspecified atom stereocenters. The van der Waals surface area contributed by atoms with E-state index in [1.54, 1.807) is 36.4 Å². The lowest BCUT2D eigenvalue weighted by atomic mass is 10.1. The van der Waals surface area contributed by atoms with E-state index in [4.69, 9.17) is 44.1 Å². The first-order valence-electron chi connectivity index (χ1n) is 7.63. The Balaban J connectivity index is 1.64.